The van der Waals surface area contributed by atoms with Crippen LogP contribution < -0.4 is 5.32 Å². The fourth-order valence-electron chi connectivity index (χ4n) is 3.28. The quantitative estimate of drug-likeness (QED) is 0.800. The summed E-state index contributed by atoms with van der Waals surface area (Å²) < 4.78 is 26.4. The zero-order valence-corrected chi connectivity index (χ0v) is 16.9. The number of fused-ring (bicyclic) bond motifs is 1. The number of hydrogen-bond donors (Lipinski definition) is 1. The molecule has 1 aliphatic rings. The average Bonchev–Trinajstić information content (AvgIpc) is 3.23. The molecule has 0 unspecified atom stereocenters. The molecule has 1 aromatic heterocycles. The van der Waals surface area contributed by atoms with Gasteiger partial charge in [0.15, 0.2) is 0 Å². The Morgan fingerprint density at radius 1 is 1.22 bits per heavy atom. The largest absolute Gasteiger partial charge is 0.312 e. The Morgan fingerprint density at radius 3 is 2.48 bits per heavy atom. The first-order chi connectivity index (χ1) is 12.9. The van der Waals surface area contributed by atoms with Gasteiger partial charge in [-0.3, -0.25) is 4.79 Å². The van der Waals surface area contributed by atoms with E-state index in [4.69, 9.17) is 0 Å². The average molecular weight is 404 g/mol. The van der Waals surface area contributed by atoms with Crippen molar-refractivity contribution in [3.05, 3.63) is 45.8 Å². The molecule has 0 atom stereocenters. The monoisotopic (exact) mass is 403 g/mol. The van der Waals surface area contributed by atoms with Crippen LogP contribution in [0.15, 0.2) is 29.2 Å². The van der Waals surface area contributed by atoms with E-state index in [0.717, 1.165) is 24.8 Å². The van der Waals surface area contributed by atoms with Crippen molar-refractivity contribution in [3.8, 4) is 6.07 Å². The third-order valence-electron chi connectivity index (χ3n) is 4.72. The van der Waals surface area contributed by atoms with Gasteiger partial charge in [-0.15, -0.1) is 11.3 Å². The lowest BCUT2D eigenvalue weighted by molar-refractivity contribution is 0.102. The van der Waals surface area contributed by atoms with E-state index in [2.05, 4.69) is 11.4 Å². The van der Waals surface area contributed by atoms with Gasteiger partial charge in [-0.2, -0.15) is 9.57 Å². The Labute approximate surface area is 163 Å². The van der Waals surface area contributed by atoms with Crippen molar-refractivity contribution in [1.82, 2.24) is 4.31 Å². The number of nitrogens with one attached hydrogen (secondary N) is 1. The molecule has 0 saturated carbocycles. The van der Waals surface area contributed by atoms with Crippen LogP contribution in [0.25, 0.3) is 0 Å². The van der Waals surface area contributed by atoms with Crippen molar-refractivity contribution < 1.29 is 13.2 Å². The van der Waals surface area contributed by atoms with E-state index in [9.17, 15) is 18.5 Å². The lowest BCUT2D eigenvalue weighted by Crippen LogP contribution is -2.30. The minimum Gasteiger partial charge on any atom is -0.312 e. The second kappa shape index (κ2) is 7.80. The SMILES string of the molecule is CCN(CC)S(=O)(=O)c1ccc(C(=O)Nc2sc3c(c2C#N)CCC3)cc1. The summed E-state index contributed by atoms with van der Waals surface area (Å²) in [4.78, 5) is 13.9. The fourth-order valence-corrected chi connectivity index (χ4v) is 5.97. The normalized spacial score (nSPS) is 13.4. The molecule has 1 aromatic carbocycles. The van der Waals surface area contributed by atoms with Crippen LogP contribution >= 0.6 is 11.3 Å². The maximum atomic E-state index is 12.5. The lowest BCUT2D eigenvalue weighted by atomic mass is 10.1. The van der Waals surface area contributed by atoms with Gasteiger partial charge in [-0.05, 0) is 49.1 Å². The van der Waals surface area contributed by atoms with Crippen LogP contribution in [0.4, 0.5) is 5.00 Å². The first-order valence-electron chi connectivity index (χ1n) is 8.88. The molecule has 0 radical (unpaired) electrons. The third-order valence-corrected chi connectivity index (χ3v) is 7.99. The topological polar surface area (TPSA) is 90.3 Å². The molecule has 1 N–H and O–H groups in total. The molecular formula is C19H21N3O3S2. The molecule has 1 aliphatic carbocycles. The number of thiophene rings is 1. The fraction of sp³-hybridized carbons (Fsp3) is 0.368. The molecule has 1 amide bonds. The summed E-state index contributed by atoms with van der Waals surface area (Å²) in [5, 5.41) is 12.8. The van der Waals surface area contributed by atoms with Crippen molar-refractivity contribution in [2.75, 3.05) is 18.4 Å². The molecule has 142 valence electrons. The van der Waals surface area contributed by atoms with E-state index >= 15 is 0 Å². The summed E-state index contributed by atoms with van der Waals surface area (Å²) in [7, 11) is -3.55. The highest BCUT2D eigenvalue weighted by Gasteiger charge is 2.24. The molecule has 27 heavy (non-hydrogen) atoms. The molecule has 6 nitrogen and oxygen atoms in total. The van der Waals surface area contributed by atoms with E-state index in [1.165, 1.54) is 44.8 Å². The standard InChI is InChI=1S/C19H21N3O3S2/c1-3-22(4-2)27(24,25)14-10-8-13(9-11-14)18(23)21-19-16(12-20)15-6-5-7-17(15)26-19/h8-11H,3-7H2,1-2H3,(H,21,23). The van der Waals surface area contributed by atoms with Crippen LogP contribution in [0, 0.1) is 11.3 Å². The number of anilines is 1. The van der Waals surface area contributed by atoms with Crippen LogP contribution in [0.5, 0.6) is 0 Å². The van der Waals surface area contributed by atoms with Gasteiger partial charge in [0.1, 0.15) is 11.1 Å². The third kappa shape index (κ3) is 3.63. The molecule has 8 heteroatoms. The van der Waals surface area contributed by atoms with Crippen LogP contribution in [-0.2, 0) is 22.9 Å². The number of rotatable bonds is 6. The first-order valence-corrected chi connectivity index (χ1v) is 11.1. The molecule has 0 spiro atoms. The summed E-state index contributed by atoms with van der Waals surface area (Å²) in [6.45, 7) is 4.35. The highest BCUT2D eigenvalue weighted by molar-refractivity contribution is 7.89. The number of hydrogen-bond acceptors (Lipinski definition) is 5. The predicted octanol–water partition coefficient (Wildman–Crippen LogP) is 3.39. The molecule has 0 bridgehead atoms. The zero-order chi connectivity index (χ0) is 19.6. The molecule has 2 aromatic rings. The Morgan fingerprint density at radius 2 is 1.89 bits per heavy atom. The highest BCUT2D eigenvalue weighted by Crippen LogP contribution is 2.38. The zero-order valence-electron chi connectivity index (χ0n) is 15.3. The van der Waals surface area contributed by atoms with Crippen molar-refractivity contribution >= 4 is 32.3 Å². The highest BCUT2D eigenvalue weighted by atomic mass is 32.2. The number of nitriles is 1. The number of amides is 1. The summed E-state index contributed by atoms with van der Waals surface area (Å²) in [6.07, 6.45) is 2.87. The Bertz CT molecular complexity index is 998. The second-order valence-electron chi connectivity index (χ2n) is 6.24. The van der Waals surface area contributed by atoms with Crippen molar-refractivity contribution in [1.29, 1.82) is 5.26 Å². The van der Waals surface area contributed by atoms with Crippen LogP contribution in [0.1, 0.15) is 46.6 Å². The summed E-state index contributed by atoms with van der Waals surface area (Å²) in [5.41, 5.74) is 1.96. The maximum Gasteiger partial charge on any atom is 0.256 e. The molecule has 1 heterocycles. The Hall–Kier alpha value is -2.21. The van der Waals surface area contributed by atoms with Crippen LogP contribution in [0.2, 0.25) is 0 Å². The van der Waals surface area contributed by atoms with E-state index in [1.807, 2.05) is 0 Å². The van der Waals surface area contributed by atoms with Gasteiger partial charge in [0.05, 0.1) is 10.5 Å². The molecule has 0 saturated heterocycles. The first kappa shape index (κ1) is 19.5. The number of benzene rings is 1. The van der Waals surface area contributed by atoms with Gasteiger partial charge in [0.2, 0.25) is 10.0 Å². The second-order valence-corrected chi connectivity index (χ2v) is 9.28. The number of nitrogens with zero attached hydrogens (tertiary/aromatic N) is 2. The Balaban J connectivity index is 1.80. The van der Waals surface area contributed by atoms with Gasteiger partial charge < -0.3 is 5.32 Å². The maximum absolute atomic E-state index is 12.5. The summed E-state index contributed by atoms with van der Waals surface area (Å²) in [6, 6.07) is 8.09. The van der Waals surface area contributed by atoms with E-state index in [0.29, 0.717) is 29.2 Å². The molecule has 0 fully saturated rings. The van der Waals surface area contributed by atoms with E-state index in [-0.39, 0.29) is 10.8 Å². The van der Waals surface area contributed by atoms with Gasteiger partial charge in [-0.1, -0.05) is 13.8 Å². The van der Waals surface area contributed by atoms with E-state index < -0.39 is 10.0 Å². The number of sulfonamides is 1. The number of carbonyl (C=O) groups excluding carboxylic acids is 1. The summed E-state index contributed by atoms with van der Waals surface area (Å²) >= 11 is 1.46. The van der Waals surface area contributed by atoms with Gasteiger partial charge in [0, 0.05) is 23.5 Å². The minimum absolute atomic E-state index is 0.163. The minimum atomic E-state index is -3.55. The van der Waals surface area contributed by atoms with Gasteiger partial charge in [0.25, 0.3) is 5.91 Å². The Kier molecular flexibility index (Phi) is 5.65. The van der Waals surface area contributed by atoms with Crippen molar-refractivity contribution in [2.24, 2.45) is 0 Å². The number of aryl methyl sites for hydroxylation is 1. The van der Waals surface area contributed by atoms with Crippen molar-refractivity contribution in [2.45, 2.75) is 38.0 Å². The van der Waals surface area contributed by atoms with Gasteiger partial charge in [-0.25, -0.2) is 8.42 Å². The smallest absolute Gasteiger partial charge is 0.256 e. The molecule has 0 aliphatic heterocycles. The molecule has 3 rings (SSSR count). The molecular weight excluding hydrogens is 382 g/mol. The van der Waals surface area contributed by atoms with Crippen molar-refractivity contribution in [3.63, 3.8) is 0 Å². The van der Waals surface area contributed by atoms with Crippen LogP contribution in [0.3, 0.4) is 0 Å². The van der Waals surface area contributed by atoms with E-state index in [1.54, 1.807) is 13.8 Å². The predicted molar refractivity (Wildman–Crippen MR) is 106 cm³/mol. The lowest BCUT2D eigenvalue weighted by Gasteiger charge is -2.18. The van der Waals surface area contributed by atoms with Gasteiger partial charge >= 0.3 is 0 Å². The summed E-state index contributed by atoms with van der Waals surface area (Å²) in [5.74, 6) is -0.349. The number of carbonyl (C=O) groups is 1. The van der Waals surface area contributed by atoms with Crippen LogP contribution in [-0.4, -0.2) is 31.7 Å².